The van der Waals surface area contributed by atoms with E-state index >= 15 is 0 Å². The molecule has 138 valence electrons. The lowest BCUT2D eigenvalue weighted by molar-refractivity contribution is -0.935. The molecule has 1 N–H and O–H groups in total. The maximum absolute atomic E-state index is 12.5. The zero-order chi connectivity index (χ0) is 17.6. The molecule has 0 saturated carbocycles. The van der Waals surface area contributed by atoms with E-state index in [0.717, 1.165) is 30.4 Å². The highest BCUT2D eigenvalue weighted by atomic mass is 35.5. The van der Waals surface area contributed by atoms with Crippen molar-refractivity contribution >= 4 is 11.6 Å². The first-order valence-corrected chi connectivity index (χ1v) is 9.15. The molecule has 4 heteroatoms. The molecular formula is C22H26ClNO2. The maximum atomic E-state index is 12.5. The van der Waals surface area contributed by atoms with Crippen molar-refractivity contribution in [3.05, 3.63) is 71.8 Å². The lowest BCUT2D eigenvalue weighted by atomic mass is 9.88. The molecule has 3 atom stereocenters. The number of ketones is 2. The van der Waals surface area contributed by atoms with Gasteiger partial charge in [-0.1, -0.05) is 60.7 Å². The number of carbonyl (C=O) groups is 2. The van der Waals surface area contributed by atoms with Crippen LogP contribution in [-0.4, -0.2) is 30.7 Å². The van der Waals surface area contributed by atoms with Gasteiger partial charge >= 0.3 is 0 Å². The molecule has 26 heavy (non-hydrogen) atoms. The quantitative estimate of drug-likeness (QED) is 0.724. The van der Waals surface area contributed by atoms with Crippen LogP contribution < -0.4 is 17.3 Å². The van der Waals surface area contributed by atoms with E-state index in [1.165, 1.54) is 4.90 Å². The number of benzene rings is 2. The Balaban J connectivity index is 0.00000243. The van der Waals surface area contributed by atoms with Crippen molar-refractivity contribution in [2.24, 2.45) is 0 Å². The Morgan fingerprint density at radius 2 is 1.19 bits per heavy atom. The summed E-state index contributed by atoms with van der Waals surface area (Å²) in [5.74, 6) is 0.417. The van der Waals surface area contributed by atoms with E-state index < -0.39 is 0 Å². The Morgan fingerprint density at radius 1 is 0.808 bits per heavy atom. The first kappa shape index (κ1) is 20.3. The van der Waals surface area contributed by atoms with Gasteiger partial charge < -0.3 is 17.3 Å². The van der Waals surface area contributed by atoms with E-state index in [1.807, 2.05) is 60.7 Å². The van der Waals surface area contributed by atoms with E-state index in [2.05, 4.69) is 7.05 Å². The van der Waals surface area contributed by atoms with Crippen molar-refractivity contribution in [2.75, 3.05) is 7.05 Å². The number of nitrogens with one attached hydrogen (secondary N) is 1. The summed E-state index contributed by atoms with van der Waals surface area (Å²) in [5, 5.41) is 0. The largest absolute Gasteiger partial charge is 1.00 e. The fraction of sp³-hybridized carbons (Fsp3) is 0.364. The monoisotopic (exact) mass is 371 g/mol. The lowest BCUT2D eigenvalue weighted by Crippen LogP contribution is -3.17. The van der Waals surface area contributed by atoms with E-state index in [1.54, 1.807) is 0 Å². The zero-order valence-corrected chi connectivity index (χ0v) is 15.9. The Hall–Kier alpha value is -1.97. The van der Waals surface area contributed by atoms with Crippen molar-refractivity contribution in [3.63, 3.8) is 0 Å². The molecule has 1 unspecified atom stereocenters. The molecule has 0 amide bonds. The van der Waals surface area contributed by atoms with Gasteiger partial charge in [-0.3, -0.25) is 9.59 Å². The number of likely N-dealkylation sites (tertiary alicyclic amines) is 1. The number of halogens is 1. The lowest BCUT2D eigenvalue weighted by Gasteiger charge is -2.36. The third-order valence-corrected chi connectivity index (χ3v) is 5.45. The van der Waals surface area contributed by atoms with Gasteiger partial charge in [-0.05, 0) is 6.42 Å². The molecule has 0 radical (unpaired) electrons. The predicted molar refractivity (Wildman–Crippen MR) is 99.1 cm³/mol. The molecule has 1 saturated heterocycles. The van der Waals surface area contributed by atoms with Gasteiger partial charge in [0.2, 0.25) is 0 Å². The number of hydrogen-bond donors (Lipinski definition) is 1. The molecule has 1 heterocycles. The molecular weight excluding hydrogens is 346 g/mol. The Kier molecular flexibility index (Phi) is 7.55. The van der Waals surface area contributed by atoms with Crippen molar-refractivity contribution in [3.8, 4) is 0 Å². The first-order chi connectivity index (χ1) is 12.1. The van der Waals surface area contributed by atoms with Crippen LogP contribution in [0.3, 0.4) is 0 Å². The molecule has 2 aromatic carbocycles. The number of hydrogen-bond acceptors (Lipinski definition) is 2. The predicted octanol–water partition coefficient (Wildman–Crippen LogP) is -0.0278. The topological polar surface area (TPSA) is 38.6 Å². The first-order valence-electron chi connectivity index (χ1n) is 9.15. The Bertz CT molecular complexity index is 656. The van der Waals surface area contributed by atoms with Gasteiger partial charge in [-0.15, -0.1) is 0 Å². The molecule has 3 nitrogen and oxygen atoms in total. The van der Waals surface area contributed by atoms with Crippen LogP contribution >= 0.6 is 0 Å². The van der Waals surface area contributed by atoms with Crippen LogP contribution in [0.25, 0.3) is 0 Å². The molecule has 0 bridgehead atoms. The van der Waals surface area contributed by atoms with E-state index in [4.69, 9.17) is 0 Å². The average molecular weight is 372 g/mol. The molecule has 1 fully saturated rings. The molecule has 0 spiro atoms. The molecule has 1 aliphatic rings. The van der Waals surface area contributed by atoms with Crippen LogP contribution in [-0.2, 0) is 0 Å². The number of carbonyl (C=O) groups excluding carboxylic acids is 2. The van der Waals surface area contributed by atoms with Gasteiger partial charge in [0.05, 0.1) is 32.0 Å². The minimum Gasteiger partial charge on any atom is -1.00 e. The number of quaternary nitrogens is 1. The van der Waals surface area contributed by atoms with Gasteiger partial charge in [0.15, 0.2) is 11.6 Å². The van der Waals surface area contributed by atoms with Crippen molar-refractivity contribution in [1.29, 1.82) is 0 Å². The summed E-state index contributed by atoms with van der Waals surface area (Å²) in [5.41, 5.74) is 1.58. The van der Waals surface area contributed by atoms with Crippen LogP contribution in [0.15, 0.2) is 60.7 Å². The molecule has 3 rings (SSSR count). The third-order valence-electron chi connectivity index (χ3n) is 5.45. The van der Waals surface area contributed by atoms with Gasteiger partial charge in [-0.25, -0.2) is 0 Å². The summed E-state index contributed by atoms with van der Waals surface area (Å²) in [6.45, 7) is 0. The Morgan fingerprint density at radius 3 is 1.58 bits per heavy atom. The third kappa shape index (κ3) is 5.03. The minimum atomic E-state index is 0. The minimum absolute atomic E-state index is 0. The smallest absolute Gasteiger partial charge is 0.168 e. The highest BCUT2D eigenvalue weighted by Gasteiger charge is 2.34. The fourth-order valence-corrected chi connectivity index (χ4v) is 3.86. The van der Waals surface area contributed by atoms with Crippen molar-refractivity contribution in [2.45, 2.75) is 44.2 Å². The maximum Gasteiger partial charge on any atom is 0.168 e. The number of piperidine rings is 1. The van der Waals surface area contributed by atoms with Crippen LogP contribution in [0.2, 0.25) is 0 Å². The second-order valence-corrected chi connectivity index (χ2v) is 7.06. The van der Waals surface area contributed by atoms with Crippen molar-refractivity contribution in [1.82, 2.24) is 0 Å². The van der Waals surface area contributed by atoms with Gasteiger partial charge in [0, 0.05) is 24.0 Å². The molecule has 2 aromatic rings. The Labute approximate surface area is 161 Å². The standard InChI is InChI=1S/C22H25NO2.ClH/c1-23-19(15-21(24)17-9-4-2-5-10-17)13-8-14-20(23)16-22(25)18-11-6-3-7-12-18;/h2-7,9-12,19-20H,8,13-16H2,1H3;1H/t19-,20+;. The van der Waals surface area contributed by atoms with Crippen molar-refractivity contribution < 1.29 is 26.9 Å². The normalized spacial score (nSPS) is 22.3. The highest BCUT2D eigenvalue weighted by molar-refractivity contribution is 5.96. The number of Topliss-reactive ketones (excluding diaryl/α,β-unsaturated/α-hetero) is 2. The van der Waals surface area contributed by atoms with Crippen LogP contribution in [0, 0.1) is 0 Å². The highest BCUT2D eigenvalue weighted by Crippen LogP contribution is 2.16. The van der Waals surface area contributed by atoms with Crippen LogP contribution in [0.5, 0.6) is 0 Å². The van der Waals surface area contributed by atoms with Crippen LogP contribution in [0.1, 0.15) is 52.8 Å². The second-order valence-electron chi connectivity index (χ2n) is 7.06. The van der Waals surface area contributed by atoms with Gasteiger partial charge in [0.1, 0.15) is 0 Å². The summed E-state index contributed by atoms with van der Waals surface area (Å²) in [7, 11) is 2.14. The summed E-state index contributed by atoms with van der Waals surface area (Å²) in [6, 6.07) is 19.6. The van der Waals surface area contributed by atoms with Gasteiger partial charge in [-0.2, -0.15) is 0 Å². The van der Waals surface area contributed by atoms with E-state index in [9.17, 15) is 9.59 Å². The van der Waals surface area contributed by atoms with E-state index in [0.29, 0.717) is 24.9 Å². The molecule has 0 aromatic heterocycles. The summed E-state index contributed by atoms with van der Waals surface area (Å²) in [6.07, 6.45) is 4.33. The number of rotatable bonds is 6. The van der Waals surface area contributed by atoms with Crippen LogP contribution in [0.4, 0.5) is 0 Å². The summed E-state index contributed by atoms with van der Waals surface area (Å²) < 4.78 is 0. The van der Waals surface area contributed by atoms with Gasteiger partial charge in [0.25, 0.3) is 0 Å². The van der Waals surface area contributed by atoms with E-state index in [-0.39, 0.29) is 24.0 Å². The zero-order valence-electron chi connectivity index (χ0n) is 15.2. The molecule has 1 aliphatic heterocycles. The molecule has 0 aliphatic carbocycles. The average Bonchev–Trinajstić information content (AvgIpc) is 2.66. The second kappa shape index (κ2) is 9.65. The SMILES string of the molecule is C[NH+]1[C@@H](CC(=O)c2ccccc2)CCC[C@H]1CC(=O)c1ccccc1.[Cl-]. The fourth-order valence-electron chi connectivity index (χ4n) is 3.86. The summed E-state index contributed by atoms with van der Waals surface area (Å²) >= 11 is 0. The summed E-state index contributed by atoms with van der Waals surface area (Å²) in [4.78, 5) is 26.4.